The van der Waals surface area contributed by atoms with E-state index in [0.29, 0.717) is 0 Å². The van der Waals surface area contributed by atoms with E-state index in [0.717, 1.165) is 36.2 Å². The summed E-state index contributed by atoms with van der Waals surface area (Å²) in [5.74, 6) is 0.908. The van der Waals surface area contributed by atoms with E-state index in [-0.39, 0.29) is 11.6 Å². The second-order valence-corrected chi connectivity index (χ2v) is 6.32. The summed E-state index contributed by atoms with van der Waals surface area (Å²) >= 11 is 0. The first-order chi connectivity index (χ1) is 11.2. The molecule has 0 unspecified atom stereocenters. The molecule has 0 radical (unpaired) electrons. The van der Waals surface area contributed by atoms with Crippen LogP contribution in [-0.4, -0.2) is 16.1 Å². The molecule has 1 atom stereocenters. The lowest BCUT2D eigenvalue weighted by Gasteiger charge is -2.17. The van der Waals surface area contributed by atoms with E-state index in [4.69, 9.17) is 4.98 Å². The number of hydrogen-bond donors (Lipinski definition) is 1. The molecule has 4 heteroatoms. The Morgan fingerprint density at radius 2 is 1.91 bits per heavy atom. The number of para-hydroxylation sites is 1. The Morgan fingerprint density at radius 1 is 1.13 bits per heavy atom. The maximum Gasteiger partial charge on any atom is 0.261 e. The molecule has 23 heavy (non-hydrogen) atoms. The third-order valence-electron chi connectivity index (χ3n) is 4.32. The first kappa shape index (κ1) is 17.7. The molecule has 0 saturated heterocycles. The van der Waals surface area contributed by atoms with E-state index in [1.165, 1.54) is 25.7 Å². The molecule has 0 saturated carbocycles. The lowest BCUT2D eigenvalue weighted by molar-refractivity contribution is -0.694. The molecule has 0 amide bonds. The van der Waals surface area contributed by atoms with Gasteiger partial charge in [0.2, 0.25) is 0 Å². The number of nitrogens with zero attached hydrogens (tertiary/aromatic N) is 2. The summed E-state index contributed by atoms with van der Waals surface area (Å²) in [4.78, 5) is 17.6. The Labute approximate surface area is 138 Å². The van der Waals surface area contributed by atoms with E-state index in [9.17, 15) is 4.79 Å². The molecule has 2 rings (SSSR count). The molecule has 2 aromatic rings. The zero-order valence-corrected chi connectivity index (χ0v) is 14.7. The molecule has 2 N–H and O–H groups in total. The van der Waals surface area contributed by atoms with Crippen LogP contribution in [-0.2, 0) is 6.54 Å². The van der Waals surface area contributed by atoms with Crippen LogP contribution in [0.2, 0.25) is 0 Å². The van der Waals surface area contributed by atoms with Crippen molar-refractivity contribution in [1.29, 1.82) is 0 Å². The Kier molecular flexibility index (Phi) is 6.78. The van der Waals surface area contributed by atoms with Gasteiger partial charge >= 0.3 is 0 Å². The van der Waals surface area contributed by atoms with Crippen molar-refractivity contribution in [3.63, 3.8) is 0 Å². The van der Waals surface area contributed by atoms with Gasteiger partial charge in [0.15, 0.2) is 5.82 Å². The molecule has 0 bridgehead atoms. The molecular weight excluding hydrogens is 286 g/mol. The summed E-state index contributed by atoms with van der Waals surface area (Å²) in [6, 6.07) is 7.87. The summed E-state index contributed by atoms with van der Waals surface area (Å²) in [5, 5.41) is 3.04. The standard InChI is InChI=1S/C19H29N3O/c1-4-6-7-10-13-20-15(3)18-21-17-12-9-8-11-16(17)19(23)22(18)14-5-2/h8-9,11-12,15,20H,4-7,10,13-14H2,1-3H3/p+1/t15-/m1/s1. The van der Waals surface area contributed by atoms with Crippen LogP contribution in [0.4, 0.5) is 0 Å². The number of benzene rings is 1. The number of quaternary nitrogens is 1. The fraction of sp³-hybridized carbons (Fsp3) is 0.579. The molecule has 0 spiro atoms. The molecule has 0 aliphatic carbocycles. The minimum atomic E-state index is 0.0960. The highest BCUT2D eigenvalue weighted by molar-refractivity contribution is 5.77. The predicted molar refractivity (Wildman–Crippen MR) is 95.6 cm³/mol. The minimum absolute atomic E-state index is 0.0960. The van der Waals surface area contributed by atoms with Crippen molar-refractivity contribution in [2.45, 2.75) is 65.5 Å². The average Bonchev–Trinajstić information content (AvgIpc) is 2.57. The van der Waals surface area contributed by atoms with E-state index in [1.807, 2.05) is 28.8 Å². The van der Waals surface area contributed by atoms with Gasteiger partial charge in [-0.25, -0.2) is 4.98 Å². The number of aromatic nitrogens is 2. The monoisotopic (exact) mass is 316 g/mol. The van der Waals surface area contributed by atoms with Gasteiger partial charge in [-0.1, -0.05) is 38.8 Å². The first-order valence-corrected chi connectivity index (χ1v) is 9.01. The number of hydrogen-bond acceptors (Lipinski definition) is 2. The van der Waals surface area contributed by atoms with Crippen molar-refractivity contribution >= 4 is 10.9 Å². The van der Waals surface area contributed by atoms with Crippen LogP contribution in [0.3, 0.4) is 0 Å². The Hall–Kier alpha value is -1.68. The van der Waals surface area contributed by atoms with Gasteiger partial charge in [0, 0.05) is 6.54 Å². The molecular formula is C19H30N3O+. The van der Waals surface area contributed by atoms with Crippen molar-refractivity contribution in [2.24, 2.45) is 0 Å². The van der Waals surface area contributed by atoms with Crippen molar-refractivity contribution in [3.8, 4) is 0 Å². The highest BCUT2D eigenvalue weighted by Crippen LogP contribution is 2.12. The van der Waals surface area contributed by atoms with Crippen molar-refractivity contribution in [2.75, 3.05) is 6.54 Å². The van der Waals surface area contributed by atoms with Crippen molar-refractivity contribution in [1.82, 2.24) is 9.55 Å². The molecule has 0 aliphatic heterocycles. The second kappa shape index (κ2) is 8.82. The fourth-order valence-corrected chi connectivity index (χ4v) is 3.02. The zero-order chi connectivity index (χ0) is 16.7. The quantitative estimate of drug-likeness (QED) is 0.723. The molecule has 1 heterocycles. The molecule has 1 aromatic heterocycles. The van der Waals surface area contributed by atoms with Gasteiger partial charge in [-0.3, -0.25) is 9.36 Å². The minimum Gasteiger partial charge on any atom is -0.338 e. The van der Waals surface area contributed by atoms with Gasteiger partial charge in [-0.2, -0.15) is 0 Å². The van der Waals surface area contributed by atoms with Gasteiger partial charge in [0.05, 0.1) is 17.4 Å². The molecule has 1 aromatic carbocycles. The van der Waals surface area contributed by atoms with Gasteiger partial charge in [0.1, 0.15) is 6.04 Å². The van der Waals surface area contributed by atoms with Crippen LogP contribution in [0, 0.1) is 0 Å². The number of rotatable bonds is 9. The Bertz CT molecular complexity index is 678. The van der Waals surface area contributed by atoms with E-state index < -0.39 is 0 Å². The summed E-state index contributed by atoms with van der Waals surface area (Å²) in [7, 11) is 0. The van der Waals surface area contributed by atoms with Crippen molar-refractivity contribution in [3.05, 3.63) is 40.4 Å². The normalized spacial score (nSPS) is 12.7. The summed E-state index contributed by atoms with van der Waals surface area (Å²) in [6.45, 7) is 8.32. The first-order valence-electron chi connectivity index (χ1n) is 9.01. The van der Waals surface area contributed by atoms with Gasteiger partial charge in [0.25, 0.3) is 5.56 Å². The maximum absolute atomic E-state index is 12.8. The van der Waals surface area contributed by atoms with Crippen LogP contribution in [0.15, 0.2) is 29.1 Å². The molecule has 0 fully saturated rings. The summed E-state index contributed by atoms with van der Waals surface area (Å²) in [5.41, 5.74) is 0.907. The summed E-state index contributed by atoms with van der Waals surface area (Å²) < 4.78 is 1.87. The lowest BCUT2D eigenvalue weighted by Crippen LogP contribution is -2.85. The largest absolute Gasteiger partial charge is 0.338 e. The number of fused-ring (bicyclic) bond motifs is 1. The highest BCUT2D eigenvalue weighted by atomic mass is 16.1. The average molecular weight is 316 g/mol. The molecule has 4 nitrogen and oxygen atoms in total. The van der Waals surface area contributed by atoms with Crippen LogP contribution in [0.5, 0.6) is 0 Å². The third-order valence-corrected chi connectivity index (χ3v) is 4.32. The Balaban J connectivity index is 2.23. The van der Waals surface area contributed by atoms with Gasteiger partial charge in [-0.15, -0.1) is 0 Å². The van der Waals surface area contributed by atoms with E-state index >= 15 is 0 Å². The van der Waals surface area contributed by atoms with Crippen LogP contribution >= 0.6 is 0 Å². The van der Waals surface area contributed by atoms with E-state index in [2.05, 4.69) is 26.1 Å². The Morgan fingerprint density at radius 3 is 2.65 bits per heavy atom. The SMILES string of the molecule is CCCCCC[NH2+][C@H](C)c1nc2ccccc2c(=O)n1CCC. The predicted octanol–water partition coefficient (Wildman–Crippen LogP) is 3.01. The smallest absolute Gasteiger partial charge is 0.261 e. The summed E-state index contributed by atoms with van der Waals surface area (Å²) in [6.07, 6.45) is 6.02. The second-order valence-electron chi connectivity index (χ2n) is 6.32. The van der Waals surface area contributed by atoms with Gasteiger partial charge < -0.3 is 5.32 Å². The fourth-order valence-electron chi connectivity index (χ4n) is 3.02. The lowest BCUT2D eigenvalue weighted by atomic mass is 10.2. The van der Waals surface area contributed by atoms with Gasteiger partial charge in [-0.05, 0) is 38.3 Å². The van der Waals surface area contributed by atoms with E-state index in [1.54, 1.807) is 0 Å². The topological polar surface area (TPSA) is 51.5 Å². The molecule has 0 aliphatic rings. The third kappa shape index (κ3) is 4.41. The zero-order valence-electron chi connectivity index (χ0n) is 14.7. The maximum atomic E-state index is 12.8. The van der Waals surface area contributed by atoms with Crippen LogP contribution in [0.25, 0.3) is 10.9 Å². The van der Waals surface area contributed by atoms with Crippen LogP contribution in [0.1, 0.15) is 64.7 Å². The van der Waals surface area contributed by atoms with Crippen molar-refractivity contribution < 1.29 is 5.32 Å². The molecule has 126 valence electrons. The number of nitrogens with two attached hydrogens (primary N) is 1. The highest BCUT2D eigenvalue weighted by Gasteiger charge is 2.18. The number of unbranched alkanes of at least 4 members (excludes halogenated alkanes) is 3. The van der Waals surface area contributed by atoms with Crippen LogP contribution < -0.4 is 10.9 Å².